The molecule has 0 saturated carbocycles. The molecule has 2 heterocycles. The average molecular weight is 491 g/mol. The second kappa shape index (κ2) is 8.96. The summed E-state index contributed by atoms with van der Waals surface area (Å²) in [6.45, 7) is 6.32. The van der Waals surface area contributed by atoms with Gasteiger partial charge < -0.3 is 15.0 Å². The number of hydrogen-bond acceptors (Lipinski definition) is 7. The van der Waals surface area contributed by atoms with Gasteiger partial charge in [0.25, 0.3) is 5.56 Å². The number of nitrogens with one attached hydrogen (secondary N) is 1. The number of rotatable bonds is 5. The molecule has 2 aromatic carbocycles. The van der Waals surface area contributed by atoms with Gasteiger partial charge in [-0.15, -0.1) is 0 Å². The molecule has 8 nitrogen and oxygen atoms in total. The maximum Gasteiger partial charge on any atom is 0.262 e. The minimum Gasteiger partial charge on any atom is -0.378 e. The number of nitrogens with zero attached hydrogens (tertiary/aromatic N) is 3. The van der Waals surface area contributed by atoms with Crippen LogP contribution in [-0.4, -0.2) is 50.5 Å². The Morgan fingerprint density at radius 3 is 2.55 bits per heavy atom. The number of halogens is 1. The molecule has 3 aromatic rings. The van der Waals surface area contributed by atoms with Crippen molar-refractivity contribution in [2.24, 2.45) is 7.05 Å². The summed E-state index contributed by atoms with van der Waals surface area (Å²) in [4.78, 5) is 20.3. The van der Waals surface area contributed by atoms with Gasteiger partial charge in [-0.1, -0.05) is 17.7 Å². The lowest BCUT2D eigenvalue weighted by molar-refractivity contribution is 0.121. The zero-order valence-corrected chi connectivity index (χ0v) is 20.6. The van der Waals surface area contributed by atoms with Crippen LogP contribution in [0, 0.1) is 6.92 Å². The van der Waals surface area contributed by atoms with Crippen LogP contribution in [0.15, 0.2) is 40.0 Å². The number of sulfone groups is 1. The molecule has 0 radical (unpaired) electrons. The molecular formula is C23H27ClN4O4S. The molecule has 1 N–H and O–H groups in total. The summed E-state index contributed by atoms with van der Waals surface area (Å²) in [5.74, 6) is 0.594. The molecule has 0 aliphatic carbocycles. The van der Waals surface area contributed by atoms with E-state index < -0.39 is 9.84 Å². The quantitative estimate of drug-likeness (QED) is 0.586. The van der Waals surface area contributed by atoms with E-state index in [2.05, 4.69) is 5.32 Å². The number of ether oxygens (including phenoxy) is 1. The standard InChI is InChI=1S/C23H27ClN4O4S/c1-14-11-17(15(2)25-19-6-5-16(24)13-20(19)33(4,30)31)21-18(12-14)22(29)27(3)23(26-21)28-7-9-32-10-8-28/h5-6,11-13,15,25H,7-10H2,1-4H3/t15-/m1/s1. The van der Waals surface area contributed by atoms with Crippen molar-refractivity contribution >= 4 is 44.0 Å². The molecule has 1 fully saturated rings. The SMILES string of the molecule is Cc1cc([C@@H](C)Nc2ccc(Cl)cc2S(C)(=O)=O)c2nc(N3CCOCC3)n(C)c(=O)c2c1. The number of anilines is 2. The Kier molecular flexibility index (Phi) is 6.39. The van der Waals surface area contributed by atoms with Crippen molar-refractivity contribution in [1.29, 1.82) is 0 Å². The van der Waals surface area contributed by atoms with E-state index in [0.29, 0.717) is 53.9 Å². The van der Waals surface area contributed by atoms with Crippen molar-refractivity contribution in [3.8, 4) is 0 Å². The van der Waals surface area contributed by atoms with Crippen molar-refractivity contribution in [3.05, 3.63) is 56.8 Å². The van der Waals surface area contributed by atoms with E-state index in [-0.39, 0.29) is 16.5 Å². The van der Waals surface area contributed by atoms with Gasteiger partial charge in [0.05, 0.1) is 40.7 Å². The van der Waals surface area contributed by atoms with Crippen LogP contribution in [0.5, 0.6) is 0 Å². The Balaban J connectivity index is 1.84. The molecule has 0 spiro atoms. The van der Waals surface area contributed by atoms with Gasteiger partial charge in [-0.05, 0) is 43.7 Å². The molecule has 0 amide bonds. The van der Waals surface area contributed by atoms with Crippen LogP contribution in [0.1, 0.15) is 24.1 Å². The van der Waals surface area contributed by atoms with Crippen LogP contribution in [0.4, 0.5) is 11.6 Å². The molecule has 0 bridgehead atoms. The van der Waals surface area contributed by atoms with Crippen LogP contribution < -0.4 is 15.8 Å². The fourth-order valence-electron chi connectivity index (χ4n) is 4.15. The highest BCUT2D eigenvalue weighted by Gasteiger charge is 2.22. The Morgan fingerprint density at radius 1 is 1.18 bits per heavy atom. The van der Waals surface area contributed by atoms with Gasteiger partial charge in [-0.2, -0.15) is 0 Å². The lowest BCUT2D eigenvalue weighted by atomic mass is 10.0. The Hall–Kier alpha value is -2.62. The number of benzene rings is 2. The highest BCUT2D eigenvalue weighted by atomic mass is 35.5. The molecule has 1 saturated heterocycles. The van der Waals surface area contributed by atoms with Crippen LogP contribution >= 0.6 is 11.6 Å². The molecular weight excluding hydrogens is 464 g/mol. The lowest BCUT2D eigenvalue weighted by Crippen LogP contribution is -2.40. The molecule has 1 aliphatic rings. The van der Waals surface area contributed by atoms with Gasteiger partial charge in [0.1, 0.15) is 0 Å². The van der Waals surface area contributed by atoms with Crippen molar-refractivity contribution in [2.45, 2.75) is 24.8 Å². The molecule has 0 unspecified atom stereocenters. The molecule has 176 valence electrons. The van der Waals surface area contributed by atoms with Crippen molar-refractivity contribution < 1.29 is 13.2 Å². The monoisotopic (exact) mass is 490 g/mol. The predicted octanol–water partition coefficient (Wildman–Crippen LogP) is 3.31. The van der Waals surface area contributed by atoms with Gasteiger partial charge in [0.15, 0.2) is 9.84 Å². The summed E-state index contributed by atoms with van der Waals surface area (Å²) in [6, 6.07) is 8.22. The zero-order valence-electron chi connectivity index (χ0n) is 19.1. The highest BCUT2D eigenvalue weighted by molar-refractivity contribution is 7.90. The van der Waals surface area contributed by atoms with E-state index in [4.69, 9.17) is 21.3 Å². The third-order valence-electron chi connectivity index (χ3n) is 5.81. The Bertz CT molecular complexity index is 1380. The fourth-order valence-corrected chi connectivity index (χ4v) is 5.25. The van der Waals surface area contributed by atoms with Crippen molar-refractivity contribution in [3.63, 3.8) is 0 Å². The lowest BCUT2D eigenvalue weighted by Gasteiger charge is -2.29. The summed E-state index contributed by atoms with van der Waals surface area (Å²) < 4.78 is 31.7. The summed E-state index contributed by atoms with van der Waals surface area (Å²) in [7, 11) is -1.77. The molecule has 4 rings (SSSR count). The van der Waals surface area contributed by atoms with Gasteiger partial charge >= 0.3 is 0 Å². The van der Waals surface area contributed by atoms with Crippen molar-refractivity contribution in [2.75, 3.05) is 42.8 Å². The zero-order chi connectivity index (χ0) is 23.9. The van der Waals surface area contributed by atoms with E-state index in [9.17, 15) is 13.2 Å². The summed E-state index contributed by atoms with van der Waals surface area (Å²) in [6.07, 6.45) is 1.15. The molecule has 1 aliphatic heterocycles. The number of aromatic nitrogens is 2. The first kappa shape index (κ1) is 23.5. The normalized spacial score (nSPS) is 15.6. The van der Waals surface area contributed by atoms with Gasteiger partial charge in [-0.25, -0.2) is 13.4 Å². The van der Waals surface area contributed by atoms with E-state index in [1.165, 1.54) is 6.07 Å². The predicted molar refractivity (Wildman–Crippen MR) is 131 cm³/mol. The average Bonchev–Trinajstić information content (AvgIpc) is 2.77. The summed E-state index contributed by atoms with van der Waals surface area (Å²) in [5, 5.41) is 4.16. The first-order valence-electron chi connectivity index (χ1n) is 10.7. The third kappa shape index (κ3) is 4.71. The number of morpholine rings is 1. The molecule has 33 heavy (non-hydrogen) atoms. The number of fused-ring (bicyclic) bond motifs is 1. The van der Waals surface area contributed by atoms with Crippen molar-refractivity contribution in [1.82, 2.24) is 9.55 Å². The fraction of sp³-hybridized carbons (Fsp3) is 0.391. The van der Waals surface area contributed by atoms with E-state index in [0.717, 1.165) is 17.4 Å². The second-order valence-corrected chi connectivity index (χ2v) is 10.8. The maximum absolute atomic E-state index is 13.3. The van der Waals surface area contributed by atoms with Crippen LogP contribution in [-0.2, 0) is 21.6 Å². The summed E-state index contributed by atoms with van der Waals surface area (Å²) in [5.41, 5.74) is 2.65. The van der Waals surface area contributed by atoms with Gasteiger partial charge in [0, 0.05) is 37.0 Å². The van der Waals surface area contributed by atoms with Crippen LogP contribution in [0.25, 0.3) is 10.9 Å². The number of aryl methyl sites for hydroxylation is 1. The minimum atomic E-state index is -3.50. The van der Waals surface area contributed by atoms with Crippen LogP contribution in [0.2, 0.25) is 5.02 Å². The van der Waals surface area contributed by atoms with E-state index in [1.54, 1.807) is 23.7 Å². The minimum absolute atomic E-state index is 0.122. The van der Waals surface area contributed by atoms with E-state index in [1.807, 2.05) is 30.9 Å². The number of hydrogen-bond donors (Lipinski definition) is 1. The van der Waals surface area contributed by atoms with E-state index >= 15 is 0 Å². The molecule has 1 atom stereocenters. The largest absolute Gasteiger partial charge is 0.378 e. The van der Waals surface area contributed by atoms with Gasteiger partial charge in [-0.3, -0.25) is 9.36 Å². The third-order valence-corrected chi connectivity index (χ3v) is 7.18. The topological polar surface area (TPSA) is 93.5 Å². The second-order valence-electron chi connectivity index (χ2n) is 8.40. The first-order chi connectivity index (χ1) is 15.6. The van der Waals surface area contributed by atoms with Gasteiger partial charge in [0.2, 0.25) is 5.95 Å². The smallest absolute Gasteiger partial charge is 0.262 e. The van der Waals surface area contributed by atoms with Crippen LogP contribution in [0.3, 0.4) is 0 Å². The summed E-state index contributed by atoms with van der Waals surface area (Å²) >= 11 is 6.05. The molecule has 1 aromatic heterocycles. The Labute approximate surface area is 198 Å². The molecule has 10 heteroatoms. The highest BCUT2D eigenvalue weighted by Crippen LogP contribution is 2.31. The first-order valence-corrected chi connectivity index (χ1v) is 12.9. The maximum atomic E-state index is 13.3. The Morgan fingerprint density at radius 2 is 1.88 bits per heavy atom.